The minimum absolute atomic E-state index is 0.0272. The summed E-state index contributed by atoms with van der Waals surface area (Å²) in [4.78, 5) is 11.3. The molecule has 0 heterocycles. The number of rotatable bonds is 1. The molecular weight excluding hydrogens is 209 g/mol. The third kappa shape index (κ3) is 1.58. The molecule has 3 nitrogen and oxygen atoms in total. The number of hydrogen-bond acceptors (Lipinski definition) is 2. The second-order valence-corrected chi connectivity index (χ2v) is 3.41. The van der Waals surface area contributed by atoms with E-state index in [1.165, 1.54) is 25.2 Å². The third-order valence-corrected chi connectivity index (χ3v) is 2.41. The molecule has 0 unspecified atom stereocenters. The van der Waals surface area contributed by atoms with Gasteiger partial charge in [0.15, 0.2) is 0 Å². The highest BCUT2D eigenvalue weighted by Crippen LogP contribution is 2.24. The molecule has 0 aliphatic rings. The first-order valence-corrected chi connectivity index (χ1v) is 4.77. The number of amides is 1. The van der Waals surface area contributed by atoms with Crippen LogP contribution in [0.5, 0.6) is 5.75 Å². The van der Waals surface area contributed by atoms with Crippen molar-refractivity contribution in [2.45, 2.75) is 0 Å². The van der Waals surface area contributed by atoms with Crippen molar-refractivity contribution in [1.29, 1.82) is 0 Å². The van der Waals surface area contributed by atoms with Crippen molar-refractivity contribution in [3.63, 3.8) is 0 Å². The molecule has 0 fully saturated rings. The molecule has 16 heavy (non-hydrogen) atoms. The Morgan fingerprint density at radius 1 is 1.31 bits per heavy atom. The minimum atomic E-state index is -0.618. The molecule has 2 aromatic rings. The number of carbonyl (C=O) groups is 1. The largest absolute Gasteiger partial charge is 0.508 e. The predicted octanol–water partition coefficient (Wildman–Crippen LogP) is 2.04. The van der Waals surface area contributed by atoms with Gasteiger partial charge in [0.2, 0.25) is 0 Å². The average Bonchev–Trinajstić information content (AvgIpc) is 2.29. The highest BCUT2D eigenvalue weighted by atomic mass is 19.1. The third-order valence-electron chi connectivity index (χ3n) is 2.41. The second-order valence-electron chi connectivity index (χ2n) is 3.41. The fourth-order valence-electron chi connectivity index (χ4n) is 1.58. The van der Waals surface area contributed by atoms with Crippen molar-refractivity contribution in [2.24, 2.45) is 0 Å². The smallest absolute Gasteiger partial charge is 0.254 e. The molecule has 0 radical (unpaired) electrons. The molecule has 0 aromatic heterocycles. The Labute approximate surface area is 91.5 Å². The summed E-state index contributed by atoms with van der Waals surface area (Å²) in [7, 11) is 1.44. The van der Waals surface area contributed by atoms with Gasteiger partial charge in [-0.25, -0.2) is 4.39 Å². The Morgan fingerprint density at radius 3 is 2.69 bits per heavy atom. The summed E-state index contributed by atoms with van der Waals surface area (Å²) in [6, 6.07) is 7.44. The maximum atomic E-state index is 13.9. The van der Waals surface area contributed by atoms with Crippen LogP contribution >= 0.6 is 0 Å². The van der Waals surface area contributed by atoms with Crippen LogP contribution in [0, 0.1) is 5.82 Å². The van der Waals surface area contributed by atoms with Gasteiger partial charge in [-0.1, -0.05) is 12.1 Å². The molecular formula is C12H10FNO2. The lowest BCUT2D eigenvalue weighted by Gasteiger charge is -2.05. The summed E-state index contributed by atoms with van der Waals surface area (Å²) in [5.74, 6) is -1.13. The maximum Gasteiger partial charge on any atom is 0.254 e. The van der Waals surface area contributed by atoms with Crippen LogP contribution in [0.15, 0.2) is 30.3 Å². The van der Waals surface area contributed by atoms with E-state index < -0.39 is 11.7 Å². The Morgan fingerprint density at radius 2 is 2.00 bits per heavy atom. The molecule has 0 bridgehead atoms. The maximum absolute atomic E-state index is 13.9. The Kier molecular flexibility index (Phi) is 2.48. The molecule has 82 valence electrons. The highest BCUT2D eigenvalue weighted by Gasteiger charge is 2.13. The second kappa shape index (κ2) is 3.81. The molecule has 0 spiro atoms. The Hall–Kier alpha value is -2.10. The van der Waals surface area contributed by atoms with Gasteiger partial charge in [0.25, 0.3) is 5.91 Å². The van der Waals surface area contributed by atoms with Crippen LogP contribution in [-0.2, 0) is 0 Å². The van der Waals surface area contributed by atoms with E-state index in [0.717, 1.165) is 0 Å². The Balaban J connectivity index is 2.72. The molecule has 0 aliphatic heterocycles. The number of hydrogen-bond donors (Lipinski definition) is 2. The molecule has 0 saturated carbocycles. The number of aromatic hydroxyl groups is 1. The fraction of sp³-hybridized carbons (Fsp3) is 0.0833. The number of nitrogens with one attached hydrogen (secondary N) is 1. The quantitative estimate of drug-likeness (QED) is 0.771. The molecule has 2 aromatic carbocycles. The van der Waals surface area contributed by atoms with Crippen molar-refractivity contribution < 1.29 is 14.3 Å². The van der Waals surface area contributed by atoms with Gasteiger partial charge in [0, 0.05) is 12.4 Å². The predicted molar refractivity (Wildman–Crippen MR) is 59.0 cm³/mol. The van der Waals surface area contributed by atoms with E-state index in [1.807, 2.05) is 0 Å². The number of fused-ring (bicyclic) bond motifs is 1. The summed E-state index contributed by atoms with van der Waals surface area (Å²) in [5, 5.41) is 12.5. The van der Waals surface area contributed by atoms with Crippen LogP contribution in [-0.4, -0.2) is 18.1 Å². The van der Waals surface area contributed by atoms with E-state index in [4.69, 9.17) is 0 Å². The van der Waals surface area contributed by atoms with Gasteiger partial charge in [-0.15, -0.1) is 0 Å². The SMILES string of the molecule is CNC(=O)c1ccc2ccc(O)cc2c1F. The van der Waals surface area contributed by atoms with Crippen LogP contribution in [0.25, 0.3) is 10.8 Å². The number of carbonyl (C=O) groups excluding carboxylic acids is 1. The summed E-state index contributed by atoms with van der Waals surface area (Å²) < 4.78 is 13.9. The molecule has 4 heteroatoms. The highest BCUT2D eigenvalue weighted by molar-refractivity contribution is 5.99. The fourth-order valence-corrected chi connectivity index (χ4v) is 1.58. The molecule has 1 amide bonds. The molecule has 0 aliphatic carbocycles. The van der Waals surface area contributed by atoms with E-state index >= 15 is 0 Å². The first-order chi connectivity index (χ1) is 7.63. The van der Waals surface area contributed by atoms with Gasteiger partial charge in [0.1, 0.15) is 11.6 Å². The number of phenols is 1. The van der Waals surface area contributed by atoms with Crippen molar-refractivity contribution >= 4 is 16.7 Å². The minimum Gasteiger partial charge on any atom is -0.508 e. The van der Waals surface area contributed by atoms with Crippen molar-refractivity contribution in [3.8, 4) is 5.75 Å². The molecule has 0 atom stereocenters. The summed E-state index contributed by atoms with van der Waals surface area (Å²) in [6.45, 7) is 0. The zero-order valence-electron chi connectivity index (χ0n) is 8.62. The van der Waals surface area contributed by atoms with Gasteiger partial charge >= 0.3 is 0 Å². The topological polar surface area (TPSA) is 49.3 Å². The van der Waals surface area contributed by atoms with Crippen molar-refractivity contribution in [2.75, 3.05) is 7.05 Å². The van der Waals surface area contributed by atoms with Crippen molar-refractivity contribution in [3.05, 3.63) is 41.7 Å². The zero-order valence-corrected chi connectivity index (χ0v) is 8.62. The van der Waals surface area contributed by atoms with Crippen LogP contribution in [0.1, 0.15) is 10.4 Å². The standard InChI is InChI=1S/C12H10FNO2/c1-14-12(16)9-5-3-7-2-4-8(15)6-10(7)11(9)13/h2-6,15H,1H3,(H,14,16). The van der Waals surface area contributed by atoms with Gasteiger partial charge in [-0.3, -0.25) is 4.79 Å². The first-order valence-electron chi connectivity index (χ1n) is 4.77. The van der Waals surface area contributed by atoms with Gasteiger partial charge in [-0.2, -0.15) is 0 Å². The lowest BCUT2D eigenvalue weighted by molar-refractivity contribution is 0.0959. The summed E-state index contributed by atoms with van der Waals surface area (Å²) >= 11 is 0. The molecule has 2 rings (SSSR count). The van der Waals surface area contributed by atoms with Crippen molar-refractivity contribution in [1.82, 2.24) is 5.32 Å². The summed E-state index contributed by atoms with van der Waals surface area (Å²) in [5.41, 5.74) is -0.0272. The van der Waals surface area contributed by atoms with E-state index in [2.05, 4.69) is 5.32 Å². The zero-order chi connectivity index (χ0) is 11.7. The van der Waals surface area contributed by atoms with E-state index in [-0.39, 0.29) is 16.7 Å². The van der Waals surface area contributed by atoms with Crippen LogP contribution in [0.4, 0.5) is 4.39 Å². The van der Waals surface area contributed by atoms with Gasteiger partial charge < -0.3 is 10.4 Å². The van der Waals surface area contributed by atoms with Gasteiger partial charge in [-0.05, 0) is 23.6 Å². The average molecular weight is 219 g/mol. The van der Waals surface area contributed by atoms with E-state index in [9.17, 15) is 14.3 Å². The van der Waals surface area contributed by atoms with Gasteiger partial charge in [0.05, 0.1) is 5.56 Å². The normalized spacial score (nSPS) is 10.4. The lowest BCUT2D eigenvalue weighted by atomic mass is 10.1. The van der Waals surface area contributed by atoms with E-state index in [1.54, 1.807) is 12.1 Å². The molecule has 2 N–H and O–H groups in total. The van der Waals surface area contributed by atoms with Crippen LogP contribution in [0.2, 0.25) is 0 Å². The first kappa shape index (κ1) is 10.4. The van der Waals surface area contributed by atoms with E-state index in [0.29, 0.717) is 5.39 Å². The molecule has 0 saturated heterocycles. The number of halogens is 1. The lowest BCUT2D eigenvalue weighted by Crippen LogP contribution is -2.19. The Bertz CT molecular complexity index is 566. The number of phenolic OH excluding ortho intramolecular Hbond substituents is 1. The van der Waals surface area contributed by atoms with Crippen LogP contribution < -0.4 is 5.32 Å². The summed E-state index contributed by atoms with van der Waals surface area (Å²) in [6.07, 6.45) is 0. The number of benzene rings is 2. The monoisotopic (exact) mass is 219 g/mol. The van der Waals surface area contributed by atoms with Crippen LogP contribution in [0.3, 0.4) is 0 Å².